The summed E-state index contributed by atoms with van der Waals surface area (Å²) < 4.78 is 13.2. The fourth-order valence-corrected chi connectivity index (χ4v) is 1.91. The highest BCUT2D eigenvalue weighted by Gasteiger charge is 2.12. The van der Waals surface area contributed by atoms with E-state index in [1.165, 1.54) is 12.1 Å². The maximum Gasteiger partial charge on any atom is 0.127 e. The summed E-state index contributed by atoms with van der Waals surface area (Å²) in [5.41, 5.74) is 0.444. The van der Waals surface area contributed by atoms with Gasteiger partial charge in [0.25, 0.3) is 0 Å². The molecule has 5 heteroatoms. The summed E-state index contributed by atoms with van der Waals surface area (Å²) >= 11 is 0. The Kier molecular flexibility index (Phi) is 6.26. The van der Waals surface area contributed by atoms with Crippen molar-refractivity contribution in [3.63, 3.8) is 0 Å². The molecule has 0 saturated carbocycles. The average Bonchev–Trinajstić information content (AvgIpc) is 2.38. The monoisotopic (exact) mass is 265 g/mol. The quantitative estimate of drug-likeness (QED) is 0.792. The number of nitriles is 1. The summed E-state index contributed by atoms with van der Waals surface area (Å²) in [5, 5.41) is 21.5. The number of phenolic OH excluding ortho intramolecular Hbond substituents is 1. The fraction of sp³-hybridized carbons (Fsp3) is 0.500. The van der Waals surface area contributed by atoms with Crippen LogP contribution in [0.3, 0.4) is 0 Å². The first-order chi connectivity index (χ1) is 9.10. The lowest BCUT2D eigenvalue weighted by Gasteiger charge is -2.19. The van der Waals surface area contributed by atoms with E-state index in [0.29, 0.717) is 12.1 Å². The summed E-state index contributed by atoms with van der Waals surface area (Å²) in [6.45, 7) is 7.53. The molecule has 0 bridgehead atoms. The number of likely N-dealkylation sites (N-methyl/N-ethyl adjacent to an activating group) is 1. The molecular weight excluding hydrogens is 245 g/mol. The van der Waals surface area contributed by atoms with Crippen LogP contribution in [0.25, 0.3) is 0 Å². The highest BCUT2D eigenvalue weighted by atomic mass is 19.1. The van der Waals surface area contributed by atoms with E-state index in [4.69, 9.17) is 5.26 Å². The minimum atomic E-state index is -0.614. The largest absolute Gasteiger partial charge is 0.508 e. The van der Waals surface area contributed by atoms with Crippen LogP contribution in [0.5, 0.6) is 5.75 Å². The van der Waals surface area contributed by atoms with Crippen LogP contribution in [0.2, 0.25) is 0 Å². The van der Waals surface area contributed by atoms with E-state index in [1.54, 1.807) is 0 Å². The Bertz CT molecular complexity index is 421. The lowest BCUT2D eigenvalue weighted by molar-refractivity contribution is 0.300. The summed E-state index contributed by atoms with van der Waals surface area (Å²) in [5.74, 6) is -0.707. The van der Waals surface area contributed by atoms with E-state index in [9.17, 15) is 9.50 Å². The number of rotatable bonds is 7. The standard InChI is InChI=1S/C14H20FN3O/c1-3-18(4-2)6-5-17-14(10-16)11-7-12(15)9-13(19)8-11/h7-9,14,17,19H,3-6H2,1-2H3. The third-order valence-electron chi connectivity index (χ3n) is 3.04. The van der Waals surface area contributed by atoms with Gasteiger partial charge >= 0.3 is 0 Å². The first kappa shape index (κ1) is 15.4. The zero-order valence-corrected chi connectivity index (χ0v) is 11.4. The molecule has 1 unspecified atom stereocenters. The van der Waals surface area contributed by atoms with Gasteiger partial charge in [-0.1, -0.05) is 13.8 Å². The van der Waals surface area contributed by atoms with Gasteiger partial charge in [-0.25, -0.2) is 4.39 Å². The molecule has 4 nitrogen and oxygen atoms in total. The van der Waals surface area contributed by atoms with Crippen LogP contribution in [-0.2, 0) is 0 Å². The number of hydrogen-bond acceptors (Lipinski definition) is 4. The Morgan fingerprint density at radius 1 is 1.37 bits per heavy atom. The van der Waals surface area contributed by atoms with Gasteiger partial charge in [0.2, 0.25) is 0 Å². The Labute approximate surface area is 113 Å². The molecule has 0 heterocycles. The molecule has 1 aromatic rings. The van der Waals surface area contributed by atoms with Crippen molar-refractivity contribution in [1.82, 2.24) is 10.2 Å². The van der Waals surface area contributed by atoms with Gasteiger partial charge in [-0.15, -0.1) is 0 Å². The average molecular weight is 265 g/mol. The summed E-state index contributed by atoms with van der Waals surface area (Å²) in [4.78, 5) is 2.23. The third-order valence-corrected chi connectivity index (χ3v) is 3.04. The summed E-state index contributed by atoms with van der Waals surface area (Å²) in [6, 6.07) is 5.15. The zero-order valence-electron chi connectivity index (χ0n) is 11.4. The van der Waals surface area contributed by atoms with Gasteiger partial charge in [-0.2, -0.15) is 5.26 Å². The zero-order chi connectivity index (χ0) is 14.3. The summed E-state index contributed by atoms with van der Waals surface area (Å²) in [7, 11) is 0. The van der Waals surface area contributed by atoms with E-state index < -0.39 is 11.9 Å². The Balaban J connectivity index is 2.61. The van der Waals surface area contributed by atoms with Crippen LogP contribution < -0.4 is 5.32 Å². The van der Waals surface area contributed by atoms with Crippen molar-refractivity contribution < 1.29 is 9.50 Å². The second-order valence-corrected chi connectivity index (χ2v) is 4.29. The van der Waals surface area contributed by atoms with E-state index in [-0.39, 0.29) is 5.75 Å². The summed E-state index contributed by atoms with van der Waals surface area (Å²) in [6.07, 6.45) is 0. The normalized spacial score (nSPS) is 12.4. The Hall–Kier alpha value is -1.64. The van der Waals surface area contributed by atoms with Crippen molar-refractivity contribution in [2.24, 2.45) is 0 Å². The van der Waals surface area contributed by atoms with Crippen LogP contribution in [0, 0.1) is 17.1 Å². The minimum Gasteiger partial charge on any atom is -0.508 e. The third kappa shape index (κ3) is 4.86. The molecule has 19 heavy (non-hydrogen) atoms. The molecule has 0 aromatic heterocycles. The maximum absolute atomic E-state index is 13.2. The molecule has 0 aliphatic rings. The van der Waals surface area contributed by atoms with Crippen LogP contribution in [-0.4, -0.2) is 36.2 Å². The number of halogens is 1. The molecule has 0 aliphatic heterocycles. The van der Waals surface area contributed by atoms with Crippen molar-refractivity contribution in [2.75, 3.05) is 26.2 Å². The van der Waals surface area contributed by atoms with Crippen molar-refractivity contribution >= 4 is 0 Å². The molecule has 0 spiro atoms. The molecule has 1 atom stereocenters. The van der Waals surface area contributed by atoms with Crippen LogP contribution in [0.15, 0.2) is 18.2 Å². The molecule has 0 aliphatic carbocycles. The van der Waals surface area contributed by atoms with Gasteiger partial charge in [-0.05, 0) is 30.8 Å². The second-order valence-electron chi connectivity index (χ2n) is 4.29. The highest BCUT2D eigenvalue weighted by Crippen LogP contribution is 2.20. The topological polar surface area (TPSA) is 59.3 Å². The van der Waals surface area contributed by atoms with Crippen LogP contribution >= 0.6 is 0 Å². The van der Waals surface area contributed by atoms with Crippen LogP contribution in [0.1, 0.15) is 25.5 Å². The van der Waals surface area contributed by atoms with Gasteiger partial charge < -0.3 is 10.0 Å². The number of aromatic hydroxyl groups is 1. The van der Waals surface area contributed by atoms with Crippen LogP contribution in [0.4, 0.5) is 4.39 Å². The molecule has 0 saturated heterocycles. The Morgan fingerprint density at radius 2 is 2.05 bits per heavy atom. The van der Waals surface area contributed by atoms with Gasteiger partial charge in [0.1, 0.15) is 17.6 Å². The van der Waals surface area contributed by atoms with Crippen molar-refractivity contribution in [3.05, 3.63) is 29.6 Å². The molecule has 104 valence electrons. The van der Waals surface area contributed by atoms with E-state index >= 15 is 0 Å². The highest BCUT2D eigenvalue weighted by molar-refractivity contribution is 5.33. The first-order valence-electron chi connectivity index (χ1n) is 6.45. The van der Waals surface area contributed by atoms with Crippen molar-refractivity contribution in [2.45, 2.75) is 19.9 Å². The van der Waals surface area contributed by atoms with Crippen molar-refractivity contribution in [1.29, 1.82) is 5.26 Å². The number of phenols is 1. The van der Waals surface area contributed by atoms with E-state index in [2.05, 4.69) is 30.1 Å². The molecule has 2 N–H and O–H groups in total. The fourth-order valence-electron chi connectivity index (χ4n) is 1.91. The second kappa shape index (κ2) is 7.72. The number of benzene rings is 1. The van der Waals surface area contributed by atoms with Gasteiger partial charge in [0, 0.05) is 19.2 Å². The number of nitrogens with one attached hydrogen (secondary N) is 1. The smallest absolute Gasteiger partial charge is 0.127 e. The molecule has 0 radical (unpaired) electrons. The number of nitrogens with zero attached hydrogens (tertiary/aromatic N) is 2. The van der Waals surface area contributed by atoms with Gasteiger partial charge in [0.05, 0.1) is 6.07 Å². The minimum absolute atomic E-state index is 0.166. The lowest BCUT2D eigenvalue weighted by Crippen LogP contribution is -2.33. The lowest BCUT2D eigenvalue weighted by atomic mass is 10.1. The van der Waals surface area contributed by atoms with Gasteiger partial charge in [0.15, 0.2) is 0 Å². The molecule has 0 amide bonds. The SMILES string of the molecule is CCN(CC)CCNC(C#N)c1cc(O)cc(F)c1. The molecule has 0 fully saturated rings. The van der Waals surface area contributed by atoms with Crippen molar-refractivity contribution in [3.8, 4) is 11.8 Å². The van der Waals surface area contributed by atoms with Gasteiger partial charge in [-0.3, -0.25) is 5.32 Å². The predicted molar refractivity (Wildman–Crippen MR) is 72.2 cm³/mol. The maximum atomic E-state index is 13.2. The molecule has 1 rings (SSSR count). The number of hydrogen-bond donors (Lipinski definition) is 2. The molecular formula is C14H20FN3O. The van der Waals surface area contributed by atoms with E-state index in [1.807, 2.05) is 0 Å². The molecule has 1 aromatic carbocycles. The predicted octanol–water partition coefficient (Wildman–Crippen LogP) is 2.03. The first-order valence-corrected chi connectivity index (χ1v) is 6.45. The van der Waals surface area contributed by atoms with E-state index in [0.717, 1.165) is 25.7 Å². The Morgan fingerprint density at radius 3 is 2.58 bits per heavy atom.